The molecule has 2 amide bonds. The van der Waals surface area contributed by atoms with Crippen LogP contribution in [0.5, 0.6) is 0 Å². The van der Waals surface area contributed by atoms with Crippen LogP contribution in [-0.4, -0.2) is 17.6 Å². The zero-order chi connectivity index (χ0) is 13.4. The maximum atomic E-state index is 11.2. The SMILES string of the molecule is CC1=C(Cl)N(c2ccc(Cl)c(Cl)c2)CN1C(N)=O. The average Bonchev–Trinajstić information content (AvgIpc) is 2.60. The minimum atomic E-state index is -0.548. The number of carbonyl (C=O) groups is 1. The molecular formula is C11H10Cl3N3O. The molecule has 4 nitrogen and oxygen atoms in total. The van der Waals surface area contributed by atoms with Crippen LogP contribution >= 0.6 is 34.8 Å². The average molecular weight is 307 g/mol. The van der Waals surface area contributed by atoms with Gasteiger partial charge in [0.2, 0.25) is 0 Å². The van der Waals surface area contributed by atoms with Gasteiger partial charge in [0.15, 0.2) is 0 Å². The first-order valence-corrected chi connectivity index (χ1v) is 6.21. The van der Waals surface area contributed by atoms with Crippen LogP contribution < -0.4 is 10.6 Å². The maximum Gasteiger partial charge on any atom is 0.320 e. The lowest BCUT2D eigenvalue weighted by atomic mass is 10.3. The molecule has 7 heteroatoms. The minimum absolute atomic E-state index is 0.262. The van der Waals surface area contributed by atoms with Gasteiger partial charge in [0.05, 0.1) is 15.7 Å². The zero-order valence-corrected chi connectivity index (χ0v) is 11.7. The molecule has 0 saturated heterocycles. The Labute approximate surface area is 119 Å². The summed E-state index contributed by atoms with van der Waals surface area (Å²) in [4.78, 5) is 14.3. The highest BCUT2D eigenvalue weighted by molar-refractivity contribution is 6.42. The van der Waals surface area contributed by atoms with Gasteiger partial charge in [-0.1, -0.05) is 34.8 Å². The van der Waals surface area contributed by atoms with Crippen LogP contribution in [0.2, 0.25) is 10.0 Å². The van der Waals surface area contributed by atoms with E-state index in [-0.39, 0.29) is 6.67 Å². The van der Waals surface area contributed by atoms with E-state index in [1.807, 2.05) is 0 Å². The number of allylic oxidation sites excluding steroid dienone is 1. The number of amides is 2. The standard InChI is InChI=1S/C11H10Cl3N3O/c1-6-10(14)17(5-16(6)11(15)18)7-2-3-8(12)9(13)4-7/h2-4H,5H2,1H3,(H2,15,18). The molecule has 1 aliphatic rings. The van der Waals surface area contributed by atoms with Crippen molar-refractivity contribution in [3.05, 3.63) is 39.1 Å². The number of nitrogens with two attached hydrogens (primary N) is 1. The van der Waals surface area contributed by atoms with Crippen molar-refractivity contribution in [3.8, 4) is 0 Å². The fraction of sp³-hybridized carbons (Fsp3) is 0.182. The van der Waals surface area contributed by atoms with Crippen molar-refractivity contribution in [2.75, 3.05) is 11.6 Å². The third-order valence-corrected chi connectivity index (χ3v) is 3.92. The smallest absolute Gasteiger partial charge is 0.320 e. The second-order valence-corrected chi connectivity index (χ2v) is 4.98. The van der Waals surface area contributed by atoms with E-state index in [4.69, 9.17) is 40.5 Å². The van der Waals surface area contributed by atoms with Crippen molar-refractivity contribution >= 4 is 46.5 Å². The van der Waals surface area contributed by atoms with Gasteiger partial charge in [-0.15, -0.1) is 0 Å². The Morgan fingerprint density at radius 3 is 2.44 bits per heavy atom. The third-order valence-electron chi connectivity index (χ3n) is 2.70. The molecule has 0 spiro atoms. The van der Waals surface area contributed by atoms with E-state index < -0.39 is 6.03 Å². The molecule has 0 atom stereocenters. The molecule has 1 heterocycles. The number of primary amides is 1. The Balaban J connectivity index is 2.36. The Kier molecular flexibility index (Phi) is 3.61. The van der Waals surface area contributed by atoms with Crippen molar-refractivity contribution < 1.29 is 4.79 Å². The van der Waals surface area contributed by atoms with Gasteiger partial charge in [-0.2, -0.15) is 0 Å². The van der Waals surface area contributed by atoms with Crippen LogP contribution in [0.25, 0.3) is 0 Å². The summed E-state index contributed by atoms with van der Waals surface area (Å²) >= 11 is 18.0. The summed E-state index contributed by atoms with van der Waals surface area (Å²) in [6, 6.07) is 4.58. The van der Waals surface area contributed by atoms with E-state index in [0.717, 1.165) is 5.69 Å². The molecule has 1 aromatic carbocycles. The highest BCUT2D eigenvalue weighted by Gasteiger charge is 2.29. The van der Waals surface area contributed by atoms with Gasteiger partial charge in [-0.25, -0.2) is 4.79 Å². The summed E-state index contributed by atoms with van der Waals surface area (Å²) in [7, 11) is 0. The van der Waals surface area contributed by atoms with Gasteiger partial charge in [0.25, 0.3) is 0 Å². The first-order chi connectivity index (χ1) is 8.41. The Morgan fingerprint density at radius 1 is 1.28 bits per heavy atom. The highest BCUT2D eigenvalue weighted by Crippen LogP contribution is 2.34. The number of halogens is 3. The molecule has 0 aliphatic carbocycles. The molecule has 96 valence electrons. The summed E-state index contributed by atoms with van der Waals surface area (Å²) in [6.45, 7) is 1.99. The number of carbonyl (C=O) groups excluding carboxylic acids is 1. The molecule has 2 N–H and O–H groups in total. The molecule has 0 aromatic heterocycles. The molecular weight excluding hydrogens is 297 g/mol. The number of hydrogen-bond donors (Lipinski definition) is 1. The van der Waals surface area contributed by atoms with Crippen LogP contribution in [-0.2, 0) is 0 Å². The first kappa shape index (κ1) is 13.3. The predicted octanol–water partition coefficient (Wildman–Crippen LogP) is 3.58. The van der Waals surface area contributed by atoms with Crippen molar-refractivity contribution in [1.29, 1.82) is 0 Å². The fourth-order valence-corrected chi connectivity index (χ4v) is 2.24. The maximum absolute atomic E-state index is 11.2. The molecule has 0 fully saturated rings. The van der Waals surface area contributed by atoms with Crippen LogP contribution in [0.15, 0.2) is 29.1 Å². The zero-order valence-electron chi connectivity index (χ0n) is 9.45. The van der Waals surface area contributed by atoms with Crippen LogP contribution in [0.4, 0.5) is 10.5 Å². The third kappa shape index (κ3) is 2.23. The Bertz CT molecular complexity index is 544. The fourth-order valence-electron chi connectivity index (χ4n) is 1.70. The monoisotopic (exact) mass is 305 g/mol. The lowest BCUT2D eigenvalue weighted by molar-refractivity contribution is 0.224. The van der Waals surface area contributed by atoms with Crippen molar-refractivity contribution in [2.45, 2.75) is 6.92 Å². The first-order valence-electron chi connectivity index (χ1n) is 5.07. The van der Waals surface area contributed by atoms with Crippen LogP contribution in [0.1, 0.15) is 6.92 Å². The number of nitrogens with zero attached hydrogens (tertiary/aromatic N) is 2. The Hall–Kier alpha value is -1.10. The van der Waals surface area contributed by atoms with Crippen molar-refractivity contribution in [2.24, 2.45) is 5.73 Å². The largest absolute Gasteiger partial charge is 0.351 e. The van der Waals surface area contributed by atoms with E-state index in [9.17, 15) is 4.79 Å². The molecule has 0 unspecified atom stereocenters. The van der Waals surface area contributed by atoms with Crippen molar-refractivity contribution in [1.82, 2.24) is 4.90 Å². The predicted molar refractivity (Wildman–Crippen MR) is 73.8 cm³/mol. The summed E-state index contributed by atoms with van der Waals surface area (Å²) < 4.78 is 0. The quantitative estimate of drug-likeness (QED) is 0.806. The molecule has 0 radical (unpaired) electrons. The number of hydrogen-bond acceptors (Lipinski definition) is 2. The van der Waals surface area contributed by atoms with Crippen LogP contribution in [0.3, 0.4) is 0 Å². The second kappa shape index (κ2) is 4.88. The number of rotatable bonds is 1. The van der Waals surface area contributed by atoms with E-state index in [1.165, 1.54) is 4.90 Å². The van der Waals surface area contributed by atoms with Gasteiger partial charge in [0, 0.05) is 5.69 Å². The van der Waals surface area contributed by atoms with E-state index >= 15 is 0 Å². The number of benzene rings is 1. The Morgan fingerprint density at radius 2 is 1.94 bits per heavy atom. The van der Waals surface area contributed by atoms with Gasteiger partial charge in [-0.05, 0) is 25.1 Å². The minimum Gasteiger partial charge on any atom is -0.351 e. The molecule has 1 aliphatic heterocycles. The normalized spacial score (nSPS) is 15.6. The van der Waals surface area contributed by atoms with Crippen LogP contribution in [0, 0.1) is 0 Å². The summed E-state index contributed by atoms with van der Waals surface area (Å²) in [5, 5.41) is 1.32. The summed E-state index contributed by atoms with van der Waals surface area (Å²) in [5.74, 6) is 0. The van der Waals surface area contributed by atoms with E-state index in [1.54, 1.807) is 30.0 Å². The topological polar surface area (TPSA) is 49.6 Å². The van der Waals surface area contributed by atoms with Gasteiger partial charge in [0.1, 0.15) is 11.8 Å². The molecule has 2 rings (SSSR count). The number of anilines is 1. The molecule has 1 aromatic rings. The number of urea groups is 1. The molecule has 18 heavy (non-hydrogen) atoms. The highest BCUT2D eigenvalue weighted by atomic mass is 35.5. The molecule has 0 saturated carbocycles. The van der Waals surface area contributed by atoms with Crippen molar-refractivity contribution in [3.63, 3.8) is 0 Å². The summed E-state index contributed by atoms with van der Waals surface area (Å²) in [6.07, 6.45) is 0. The van der Waals surface area contributed by atoms with Gasteiger partial charge < -0.3 is 10.6 Å². The molecule has 0 bridgehead atoms. The van der Waals surface area contributed by atoms with E-state index in [0.29, 0.717) is 20.9 Å². The summed E-state index contributed by atoms with van der Waals surface area (Å²) in [5.41, 5.74) is 6.62. The second-order valence-electron chi connectivity index (χ2n) is 3.81. The lowest BCUT2D eigenvalue weighted by Gasteiger charge is -2.20. The van der Waals surface area contributed by atoms with Gasteiger partial charge in [-0.3, -0.25) is 4.90 Å². The van der Waals surface area contributed by atoms with Gasteiger partial charge >= 0.3 is 6.03 Å². The van der Waals surface area contributed by atoms with E-state index in [2.05, 4.69) is 0 Å². The lowest BCUT2D eigenvalue weighted by Crippen LogP contribution is -2.36.